The number of anilines is 1. The average Bonchev–Trinajstić information content (AvgIpc) is 2.27. The Morgan fingerprint density at radius 1 is 1.62 bits per heavy atom. The van der Waals surface area contributed by atoms with E-state index in [1.165, 1.54) is 0 Å². The van der Waals surface area contributed by atoms with Crippen molar-refractivity contribution in [2.75, 3.05) is 18.5 Å². The Morgan fingerprint density at radius 2 is 2.44 bits per heavy atom. The van der Waals surface area contributed by atoms with E-state index in [0.717, 1.165) is 0 Å². The molecule has 0 unspecified atom stereocenters. The van der Waals surface area contributed by atoms with Crippen molar-refractivity contribution >= 4 is 11.9 Å². The molecule has 1 aromatic rings. The minimum absolute atomic E-state index is 0.275. The lowest BCUT2D eigenvalue weighted by atomic mass is 10.3. The normalized spacial score (nSPS) is 8.88. The summed E-state index contributed by atoms with van der Waals surface area (Å²) in [5.74, 6) is 5.86. The van der Waals surface area contributed by atoms with E-state index in [1.807, 2.05) is 0 Å². The van der Waals surface area contributed by atoms with Crippen LogP contribution in [-0.4, -0.2) is 24.2 Å². The predicted octanol–water partition coefficient (Wildman–Crippen LogP) is 0.960. The van der Waals surface area contributed by atoms with Crippen molar-refractivity contribution in [1.82, 2.24) is 4.98 Å². The second-order valence-electron chi connectivity index (χ2n) is 2.76. The molecule has 0 saturated carbocycles. The Bertz CT molecular complexity index is 421. The third-order valence-corrected chi connectivity index (χ3v) is 1.57. The molecule has 84 valence electrons. The summed E-state index contributed by atoms with van der Waals surface area (Å²) in [5, 5.41) is 2.49. The van der Waals surface area contributed by atoms with Crippen molar-refractivity contribution in [1.29, 1.82) is 0 Å². The summed E-state index contributed by atoms with van der Waals surface area (Å²) in [7, 11) is 0. The van der Waals surface area contributed by atoms with E-state index in [0.29, 0.717) is 18.1 Å². The standard InChI is InChI=1S/C11H13N3O2/c1-2-16-11(15)14-10-7-3-5-9(13-10)6-4-8-12/h3,5,7H,2,8,12H2,1H3,(H,13,14,15). The molecule has 0 aliphatic rings. The van der Waals surface area contributed by atoms with E-state index in [4.69, 9.17) is 10.5 Å². The summed E-state index contributed by atoms with van der Waals surface area (Å²) in [6, 6.07) is 5.14. The second kappa shape index (κ2) is 6.43. The highest BCUT2D eigenvalue weighted by atomic mass is 16.5. The number of ether oxygens (including phenoxy) is 1. The van der Waals surface area contributed by atoms with Crippen LogP contribution in [0.15, 0.2) is 18.2 Å². The fourth-order valence-corrected chi connectivity index (χ4v) is 0.987. The minimum Gasteiger partial charge on any atom is -0.450 e. The highest BCUT2D eigenvalue weighted by Crippen LogP contribution is 2.04. The van der Waals surface area contributed by atoms with Gasteiger partial charge in [0.05, 0.1) is 13.2 Å². The van der Waals surface area contributed by atoms with Gasteiger partial charge >= 0.3 is 6.09 Å². The topological polar surface area (TPSA) is 77.2 Å². The van der Waals surface area contributed by atoms with Crippen LogP contribution in [0.25, 0.3) is 0 Å². The Balaban J connectivity index is 2.71. The summed E-state index contributed by atoms with van der Waals surface area (Å²) >= 11 is 0. The maximum absolute atomic E-state index is 11.1. The molecule has 0 radical (unpaired) electrons. The lowest BCUT2D eigenvalue weighted by molar-refractivity contribution is 0.168. The van der Waals surface area contributed by atoms with Gasteiger partial charge in [0.2, 0.25) is 0 Å². The Hall–Kier alpha value is -2.06. The molecule has 3 N–H and O–H groups in total. The van der Waals surface area contributed by atoms with Gasteiger partial charge in [-0.1, -0.05) is 12.0 Å². The van der Waals surface area contributed by atoms with Crippen LogP contribution in [0, 0.1) is 11.8 Å². The number of nitrogens with two attached hydrogens (primary N) is 1. The molecule has 0 saturated heterocycles. The third kappa shape index (κ3) is 3.98. The molecular formula is C11H13N3O2. The molecule has 0 aromatic carbocycles. The minimum atomic E-state index is -0.529. The van der Waals surface area contributed by atoms with E-state index in [9.17, 15) is 4.79 Å². The molecule has 0 aliphatic carbocycles. The number of amides is 1. The third-order valence-electron chi connectivity index (χ3n) is 1.57. The van der Waals surface area contributed by atoms with Gasteiger partial charge in [0.15, 0.2) is 0 Å². The molecule has 16 heavy (non-hydrogen) atoms. The summed E-state index contributed by atoms with van der Waals surface area (Å²) in [6.45, 7) is 2.33. The molecule has 1 heterocycles. The highest BCUT2D eigenvalue weighted by Gasteiger charge is 2.02. The lowest BCUT2D eigenvalue weighted by Crippen LogP contribution is -2.14. The van der Waals surface area contributed by atoms with Crippen LogP contribution in [0.4, 0.5) is 10.6 Å². The van der Waals surface area contributed by atoms with E-state index in [2.05, 4.69) is 22.1 Å². The van der Waals surface area contributed by atoms with E-state index >= 15 is 0 Å². The number of hydrogen-bond acceptors (Lipinski definition) is 4. The van der Waals surface area contributed by atoms with Gasteiger partial charge in [0.25, 0.3) is 0 Å². The highest BCUT2D eigenvalue weighted by molar-refractivity contribution is 5.83. The zero-order valence-corrected chi connectivity index (χ0v) is 8.99. The maximum atomic E-state index is 11.1. The molecule has 5 heteroatoms. The fraction of sp³-hybridized carbons (Fsp3) is 0.273. The number of hydrogen-bond donors (Lipinski definition) is 2. The van der Waals surface area contributed by atoms with Crippen LogP contribution in [0.5, 0.6) is 0 Å². The predicted molar refractivity (Wildman–Crippen MR) is 60.8 cm³/mol. The van der Waals surface area contributed by atoms with E-state index in [-0.39, 0.29) is 6.54 Å². The first-order valence-corrected chi connectivity index (χ1v) is 4.86. The Morgan fingerprint density at radius 3 is 3.12 bits per heavy atom. The van der Waals surface area contributed by atoms with Gasteiger partial charge in [0.1, 0.15) is 11.5 Å². The van der Waals surface area contributed by atoms with Crippen molar-refractivity contribution in [3.63, 3.8) is 0 Å². The van der Waals surface area contributed by atoms with Gasteiger partial charge in [-0.15, -0.1) is 0 Å². The number of nitrogens with one attached hydrogen (secondary N) is 1. The van der Waals surface area contributed by atoms with Crippen LogP contribution in [0.2, 0.25) is 0 Å². The molecule has 1 aromatic heterocycles. The van der Waals surface area contributed by atoms with Crippen molar-refractivity contribution in [3.8, 4) is 11.8 Å². The van der Waals surface area contributed by atoms with E-state index < -0.39 is 6.09 Å². The number of carbonyl (C=O) groups is 1. The fourth-order valence-electron chi connectivity index (χ4n) is 0.987. The summed E-state index contributed by atoms with van der Waals surface area (Å²) in [5.41, 5.74) is 5.80. The summed E-state index contributed by atoms with van der Waals surface area (Å²) in [4.78, 5) is 15.2. The number of aromatic nitrogens is 1. The molecule has 1 amide bonds. The molecule has 0 bridgehead atoms. The lowest BCUT2D eigenvalue weighted by Gasteiger charge is -2.03. The number of nitrogens with zero attached hydrogens (tertiary/aromatic N) is 1. The number of carbonyl (C=O) groups excluding carboxylic acids is 1. The number of pyridine rings is 1. The van der Waals surface area contributed by atoms with Gasteiger partial charge in [-0.05, 0) is 25.0 Å². The van der Waals surface area contributed by atoms with Crippen molar-refractivity contribution in [2.24, 2.45) is 5.73 Å². The van der Waals surface area contributed by atoms with Crippen LogP contribution in [0.1, 0.15) is 12.6 Å². The quantitative estimate of drug-likeness (QED) is 0.726. The van der Waals surface area contributed by atoms with Crippen LogP contribution in [-0.2, 0) is 4.74 Å². The molecule has 0 spiro atoms. The summed E-state index contributed by atoms with van der Waals surface area (Å²) in [6.07, 6.45) is -0.529. The first kappa shape index (κ1) is 12.0. The Labute approximate surface area is 94.0 Å². The van der Waals surface area contributed by atoms with Gasteiger partial charge in [-0.25, -0.2) is 9.78 Å². The first-order chi connectivity index (χ1) is 7.76. The van der Waals surface area contributed by atoms with Gasteiger partial charge in [-0.3, -0.25) is 5.32 Å². The van der Waals surface area contributed by atoms with Gasteiger partial charge in [0, 0.05) is 0 Å². The van der Waals surface area contributed by atoms with Gasteiger partial charge < -0.3 is 10.5 Å². The van der Waals surface area contributed by atoms with Crippen molar-refractivity contribution < 1.29 is 9.53 Å². The maximum Gasteiger partial charge on any atom is 0.412 e. The Kier molecular flexibility index (Phi) is 4.83. The smallest absolute Gasteiger partial charge is 0.412 e. The van der Waals surface area contributed by atoms with Crippen molar-refractivity contribution in [3.05, 3.63) is 23.9 Å². The zero-order valence-electron chi connectivity index (χ0n) is 8.99. The molecule has 1 rings (SSSR count). The average molecular weight is 219 g/mol. The second-order valence-corrected chi connectivity index (χ2v) is 2.76. The van der Waals surface area contributed by atoms with Gasteiger partial charge in [-0.2, -0.15) is 0 Å². The zero-order chi connectivity index (χ0) is 11.8. The van der Waals surface area contributed by atoms with Crippen LogP contribution in [0.3, 0.4) is 0 Å². The van der Waals surface area contributed by atoms with Crippen LogP contribution < -0.4 is 11.1 Å². The van der Waals surface area contributed by atoms with Crippen molar-refractivity contribution in [2.45, 2.75) is 6.92 Å². The summed E-state index contributed by atoms with van der Waals surface area (Å²) < 4.78 is 4.72. The largest absolute Gasteiger partial charge is 0.450 e. The first-order valence-electron chi connectivity index (χ1n) is 4.86. The molecule has 0 atom stereocenters. The van der Waals surface area contributed by atoms with E-state index in [1.54, 1.807) is 25.1 Å². The van der Waals surface area contributed by atoms with Crippen LogP contribution >= 0.6 is 0 Å². The molecule has 0 fully saturated rings. The molecule has 5 nitrogen and oxygen atoms in total. The molecule has 0 aliphatic heterocycles. The number of rotatable bonds is 2. The molecular weight excluding hydrogens is 206 g/mol. The monoisotopic (exact) mass is 219 g/mol. The SMILES string of the molecule is CCOC(=O)Nc1cccc(C#CCN)n1.